The van der Waals surface area contributed by atoms with E-state index in [4.69, 9.17) is 16.7 Å². The highest BCUT2D eigenvalue weighted by Crippen LogP contribution is 2.28. The van der Waals surface area contributed by atoms with Crippen LogP contribution < -0.4 is 5.43 Å². The first kappa shape index (κ1) is 14.0. The van der Waals surface area contributed by atoms with Crippen LogP contribution in [-0.4, -0.2) is 20.6 Å². The number of carboxylic acid groups (broad SMARTS) is 1. The molecule has 0 radical (unpaired) electrons. The number of fused-ring (bicyclic) bond motifs is 1. The minimum Gasteiger partial charge on any atom is -0.477 e. The number of aryl methyl sites for hydroxylation is 1. The summed E-state index contributed by atoms with van der Waals surface area (Å²) >= 11 is 5.81. The van der Waals surface area contributed by atoms with Crippen molar-refractivity contribution in [3.63, 3.8) is 0 Å². The summed E-state index contributed by atoms with van der Waals surface area (Å²) in [4.78, 5) is 33.2. The molecule has 2 aromatic rings. The number of carboxylic acids is 1. The summed E-state index contributed by atoms with van der Waals surface area (Å²) in [6, 6.07) is 2.31. The molecule has 0 aliphatic rings. The van der Waals surface area contributed by atoms with Gasteiger partial charge in [0, 0.05) is 18.8 Å². The first-order chi connectivity index (χ1) is 9.36. The van der Waals surface area contributed by atoms with Gasteiger partial charge < -0.3 is 9.67 Å². The monoisotopic (exact) mass is 296 g/mol. The molecule has 1 aromatic heterocycles. The minimum atomic E-state index is -1.38. The van der Waals surface area contributed by atoms with Gasteiger partial charge in [-0.05, 0) is 13.0 Å². The van der Waals surface area contributed by atoms with E-state index in [9.17, 15) is 19.7 Å². The topological polar surface area (TPSA) is 102 Å². The molecule has 0 amide bonds. The van der Waals surface area contributed by atoms with Gasteiger partial charge in [0.1, 0.15) is 10.6 Å². The summed E-state index contributed by atoms with van der Waals surface area (Å²) in [5.41, 5.74) is -1.27. The number of nitro benzene ring substituents is 1. The van der Waals surface area contributed by atoms with E-state index >= 15 is 0 Å². The number of benzene rings is 1. The third-order valence-electron chi connectivity index (χ3n) is 2.92. The maximum atomic E-state index is 12.1. The van der Waals surface area contributed by atoms with E-state index in [1.165, 1.54) is 16.8 Å². The van der Waals surface area contributed by atoms with E-state index in [2.05, 4.69) is 0 Å². The second-order valence-corrected chi connectivity index (χ2v) is 4.45. The van der Waals surface area contributed by atoms with Crippen molar-refractivity contribution in [2.45, 2.75) is 13.5 Å². The molecule has 0 aliphatic heterocycles. The quantitative estimate of drug-likeness (QED) is 0.691. The van der Waals surface area contributed by atoms with Crippen LogP contribution in [0.25, 0.3) is 10.9 Å². The van der Waals surface area contributed by atoms with Crippen LogP contribution in [0.3, 0.4) is 0 Å². The Bertz CT molecular complexity index is 797. The van der Waals surface area contributed by atoms with Gasteiger partial charge in [-0.3, -0.25) is 14.9 Å². The molecule has 0 fully saturated rings. The summed E-state index contributed by atoms with van der Waals surface area (Å²) in [6.07, 6.45) is 1.20. The highest BCUT2D eigenvalue weighted by atomic mass is 35.5. The van der Waals surface area contributed by atoms with E-state index < -0.39 is 27.6 Å². The Morgan fingerprint density at radius 1 is 1.50 bits per heavy atom. The number of nitrogens with zero attached hydrogens (tertiary/aromatic N) is 2. The maximum absolute atomic E-state index is 12.1. The van der Waals surface area contributed by atoms with Crippen LogP contribution in [0, 0.1) is 10.1 Å². The molecule has 0 bridgehead atoms. The normalized spacial score (nSPS) is 10.7. The summed E-state index contributed by atoms with van der Waals surface area (Å²) < 4.78 is 1.51. The zero-order chi connectivity index (χ0) is 15.0. The van der Waals surface area contributed by atoms with Gasteiger partial charge in [0.2, 0.25) is 5.43 Å². The zero-order valence-corrected chi connectivity index (χ0v) is 11.0. The second kappa shape index (κ2) is 4.93. The molecule has 1 aromatic carbocycles. The van der Waals surface area contributed by atoms with Crippen molar-refractivity contribution >= 4 is 34.2 Å². The fraction of sp³-hybridized carbons (Fsp3) is 0.167. The van der Waals surface area contributed by atoms with Crippen LogP contribution in [0.15, 0.2) is 23.1 Å². The van der Waals surface area contributed by atoms with Gasteiger partial charge in [-0.2, -0.15) is 0 Å². The van der Waals surface area contributed by atoms with Gasteiger partial charge in [0.15, 0.2) is 0 Å². The Hall–Kier alpha value is -2.41. The molecule has 0 unspecified atom stereocenters. The Morgan fingerprint density at radius 3 is 2.65 bits per heavy atom. The van der Waals surface area contributed by atoms with E-state index in [0.29, 0.717) is 12.1 Å². The first-order valence-corrected chi connectivity index (χ1v) is 5.99. The number of hydrogen-bond acceptors (Lipinski definition) is 4. The third-order valence-corrected chi connectivity index (χ3v) is 3.22. The van der Waals surface area contributed by atoms with Crippen LogP contribution in [-0.2, 0) is 6.54 Å². The molecule has 1 N–H and O–H groups in total. The summed E-state index contributed by atoms with van der Waals surface area (Å²) in [5, 5.41) is 19.7. The lowest BCUT2D eigenvalue weighted by molar-refractivity contribution is -0.384. The maximum Gasteiger partial charge on any atom is 0.341 e. The molecule has 104 valence electrons. The Balaban J connectivity index is 2.99. The summed E-state index contributed by atoms with van der Waals surface area (Å²) in [5.74, 6) is -1.38. The average Bonchev–Trinajstić information content (AvgIpc) is 2.37. The van der Waals surface area contributed by atoms with Crippen molar-refractivity contribution < 1.29 is 14.8 Å². The number of nitro groups is 1. The Kier molecular flexibility index (Phi) is 3.46. The molecule has 0 saturated carbocycles. The van der Waals surface area contributed by atoms with Crippen LogP contribution in [0.5, 0.6) is 0 Å². The lowest BCUT2D eigenvalue weighted by Gasteiger charge is -2.10. The van der Waals surface area contributed by atoms with Crippen LogP contribution in [0.1, 0.15) is 17.3 Å². The number of pyridine rings is 1. The fourth-order valence-corrected chi connectivity index (χ4v) is 2.18. The van der Waals surface area contributed by atoms with Crippen LogP contribution in [0.2, 0.25) is 5.02 Å². The predicted octanol–water partition coefficient (Wildman–Crippen LogP) is 2.28. The molecule has 7 nitrogen and oxygen atoms in total. The van der Waals surface area contributed by atoms with Crippen molar-refractivity contribution in [1.29, 1.82) is 0 Å². The fourth-order valence-electron chi connectivity index (χ4n) is 1.95. The highest BCUT2D eigenvalue weighted by Gasteiger charge is 2.19. The van der Waals surface area contributed by atoms with E-state index in [1.54, 1.807) is 6.92 Å². The van der Waals surface area contributed by atoms with Crippen molar-refractivity contribution in [3.05, 3.63) is 49.3 Å². The number of halogens is 1. The zero-order valence-electron chi connectivity index (χ0n) is 10.3. The standard InChI is InChI=1S/C12H9ClN2O5/c1-2-14-5-7(12(17)18)11(16)6-3-10(15(19)20)8(13)4-9(6)14/h3-5H,2H2,1H3,(H,17,18). The van der Waals surface area contributed by atoms with Crippen molar-refractivity contribution in [2.24, 2.45) is 0 Å². The number of aromatic nitrogens is 1. The molecule has 0 aliphatic carbocycles. The average molecular weight is 297 g/mol. The number of carbonyl (C=O) groups is 1. The van der Waals surface area contributed by atoms with Crippen LogP contribution >= 0.6 is 11.6 Å². The van der Waals surface area contributed by atoms with E-state index in [-0.39, 0.29) is 10.4 Å². The van der Waals surface area contributed by atoms with Gasteiger partial charge in [-0.25, -0.2) is 4.79 Å². The van der Waals surface area contributed by atoms with Crippen LogP contribution in [0.4, 0.5) is 5.69 Å². The van der Waals surface area contributed by atoms with Gasteiger partial charge in [-0.1, -0.05) is 11.6 Å². The van der Waals surface area contributed by atoms with Gasteiger partial charge in [-0.15, -0.1) is 0 Å². The molecule has 8 heteroatoms. The molecule has 2 rings (SSSR count). The van der Waals surface area contributed by atoms with Gasteiger partial charge in [0.05, 0.1) is 15.8 Å². The molecular formula is C12H9ClN2O5. The minimum absolute atomic E-state index is 0.0390. The highest BCUT2D eigenvalue weighted by molar-refractivity contribution is 6.33. The summed E-state index contributed by atoms with van der Waals surface area (Å²) in [7, 11) is 0. The van der Waals surface area contributed by atoms with Crippen molar-refractivity contribution in [3.8, 4) is 0 Å². The van der Waals surface area contributed by atoms with Gasteiger partial charge in [0.25, 0.3) is 5.69 Å². The molecule has 20 heavy (non-hydrogen) atoms. The van der Waals surface area contributed by atoms with E-state index in [0.717, 1.165) is 6.07 Å². The lowest BCUT2D eigenvalue weighted by Crippen LogP contribution is -2.18. The molecule has 0 saturated heterocycles. The Morgan fingerprint density at radius 2 is 2.15 bits per heavy atom. The largest absolute Gasteiger partial charge is 0.477 e. The lowest BCUT2D eigenvalue weighted by atomic mass is 10.1. The molecule has 0 spiro atoms. The number of hydrogen-bond donors (Lipinski definition) is 1. The first-order valence-electron chi connectivity index (χ1n) is 5.61. The molecule has 0 atom stereocenters. The third kappa shape index (κ3) is 2.12. The SMILES string of the molecule is CCn1cc(C(=O)O)c(=O)c2cc([N+](=O)[O-])c(Cl)cc21. The molecular weight excluding hydrogens is 288 g/mol. The smallest absolute Gasteiger partial charge is 0.341 e. The Labute approximate surface area is 117 Å². The van der Waals surface area contributed by atoms with Crippen molar-refractivity contribution in [1.82, 2.24) is 4.57 Å². The number of rotatable bonds is 3. The predicted molar refractivity (Wildman–Crippen MR) is 72.5 cm³/mol. The number of aromatic carboxylic acids is 1. The van der Waals surface area contributed by atoms with E-state index in [1.807, 2.05) is 0 Å². The molecule has 1 heterocycles. The second-order valence-electron chi connectivity index (χ2n) is 4.04. The van der Waals surface area contributed by atoms with Gasteiger partial charge >= 0.3 is 5.97 Å². The van der Waals surface area contributed by atoms with Crippen molar-refractivity contribution in [2.75, 3.05) is 0 Å². The summed E-state index contributed by atoms with van der Waals surface area (Å²) in [6.45, 7) is 2.15.